The zero-order valence-electron chi connectivity index (χ0n) is 10.4. The lowest BCUT2D eigenvalue weighted by molar-refractivity contribution is -0.145. The Hall–Kier alpha value is -1.12. The van der Waals surface area contributed by atoms with Crippen molar-refractivity contribution in [2.24, 2.45) is 0 Å². The van der Waals surface area contributed by atoms with Crippen LogP contribution in [0.2, 0.25) is 0 Å². The standard InChI is InChI=1S/C12H10BrNO4S2/c1-2-18-10(15)6-14-11(16)8(20-12(14)17)5-7-3-4-9(13)19-7/h3-5H,2,6H2,1H3. The topological polar surface area (TPSA) is 63.7 Å². The number of thioether (sulfide) groups is 1. The number of rotatable bonds is 4. The number of esters is 1. The number of carbonyl (C=O) groups excluding carboxylic acids is 3. The molecule has 1 aromatic heterocycles. The van der Waals surface area contributed by atoms with E-state index in [4.69, 9.17) is 4.74 Å². The van der Waals surface area contributed by atoms with Crippen molar-refractivity contribution < 1.29 is 19.1 Å². The van der Waals surface area contributed by atoms with Crippen molar-refractivity contribution in [3.05, 3.63) is 25.7 Å². The van der Waals surface area contributed by atoms with Gasteiger partial charge in [0.05, 0.1) is 15.3 Å². The number of nitrogens with zero attached hydrogens (tertiary/aromatic N) is 1. The summed E-state index contributed by atoms with van der Waals surface area (Å²) in [6.45, 7) is 1.54. The zero-order valence-corrected chi connectivity index (χ0v) is 13.6. The van der Waals surface area contributed by atoms with Crippen LogP contribution < -0.4 is 0 Å². The van der Waals surface area contributed by atoms with Crippen LogP contribution in [0.1, 0.15) is 11.8 Å². The Labute approximate surface area is 132 Å². The molecule has 0 unspecified atom stereocenters. The molecule has 0 aliphatic carbocycles. The maximum Gasteiger partial charge on any atom is 0.326 e. The van der Waals surface area contributed by atoms with Gasteiger partial charge in [-0.25, -0.2) is 0 Å². The molecule has 8 heteroatoms. The molecule has 20 heavy (non-hydrogen) atoms. The molecule has 106 valence electrons. The van der Waals surface area contributed by atoms with Crippen LogP contribution in [0.4, 0.5) is 4.79 Å². The van der Waals surface area contributed by atoms with Crippen molar-refractivity contribution in [1.82, 2.24) is 4.90 Å². The normalized spacial score (nSPS) is 17.1. The monoisotopic (exact) mass is 375 g/mol. The second-order valence-corrected chi connectivity index (χ2v) is 7.20. The number of carbonyl (C=O) groups is 3. The number of hydrogen-bond donors (Lipinski definition) is 0. The highest BCUT2D eigenvalue weighted by molar-refractivity contribution is 9.11. The Kier molecular flexibility index (Phi) is 5.00. The molecule has 1 fully saturated rings. The Morgan fingerprint density at radius 3 is 2.80 bits per heavy atom. The van der Waals surface area contributed by atoms with Gasteiger partial charge in [-0.1, -0.05) is 0 Å². The number of amides is 2. The van der Waals surface area contributed by atoms with Crippen molar-refractivity contribution in [3.8, 4) is 0 Å². The quantitative estimate of drug-likeness (QED) is 0.597. The fourth-order valence-electron chi connectivity index (χ4n) is 1.51. The molecule has 0 saturated carbocycles. The summed E-state index contributed by atoms with van der Waals surface area (Å²) in [5.74, 6) is -1.05. The largest absolute Gasteiger partial charge is 0.465 e. The van der Waals surface area contributed by atoms with Gasteiger partial charge in [-0.2, -0.15) is 0 Å². The summed E-state index contributed by atoms with van der Waals surface area (Å²) in [4.78, 5) is 37.2. The number of imide groups is 1. The highest BCUT2D eigenvalue weighted by Crippen LogP contribution is 2.34. The molecular weight excluding hydrogens is 366 g/mol. The third-order valence-electron chi connectivity index (χ3n) is 2.33. The molecule has 0 atom stereocenters. The molecule has 1 aliphatic heterocycles. The van der Waals surface area contributed by atoms with Crippen LogP contribution in [0.25, 0.3) is 6.08 Å². The van der Waals surface area contributed by atoms with Crippen molar-refractivity contribution >= 4 is 62.2 Å². The predicted molar refractivity (Wildman–Crippen MR) is 81.3 cm³/mol. The average molecular weight is 376 g/mol. The van der Waals surface area contributed by atoms with E-state index < -0.39 is 17.1 Å². The van der Waals surface area contributed by atoms with Crippen LogP contribution in [-0.4, -0.2) is 35.2 Å². The van der Waals surface area contributed by atoms with Crippen LogP contribution in [0.5, 0.6) is 0 Å². The third kappa shape index (κ3) is 3.50. The number of hydrogen-bond acceptors (Lipinski definition) is 6. The van der Waals surface area contributed by atoms with Gasteiger partial charge < -0.3 is 4.74 Å². The summed E-state index contributed by atoms with van der Waals surface area (Å²) in [6.07, 6.45) is 1.64. The molecule has 1 aliphatic rings. The first-order valence-electron chi connectivity index (χ1n) is 5.67. The maximum atomic E-state index is 12.1. The second kappa shape index (κ2) is 6.55. The molecule has 0 bridgehead atoms. The molecule has 1 saturated heterocycles. The lowest BCUT2D eigenvalue weighted by atomic mass is 10.3. The van der Waals surface area contributed by atoms with Gasteiger partial charge in [-0.05, 0) is 52.8 Å². The number of halogens is 1. The molecule has 0 aromatic carbocycles. The lowest BCUT2D eigenvalue weighted by Crippen LogP contribution is -2.34. The smallest absolute Gasteiger partial charge is 0.326 e. The number of thiophene rings is 1. The van der Waals surface area contributed by atoms with Gasteiger partial charge in [0.15, 0.2) is 0 Å². The minimum absolute atomic E-state index is 0.216. The molecule has 2 heterocycles. The molecule has 0 spiro atoms. The van der Waals surface area contributed by atoms with Crippen LogP contribution in [-0.2, 0) is 14.3 Å². The average Bonchev–Trinajstić information content (AvgIpc) is 2.89. The summed E-state index contributed by atoms with van der Waals surface area (Å²) in [7, 11) is 0. The van der Waals surface area contributed by atoms with Gasteiger partial charge >= 0.3 is 5.97 Å². The maximum absolute atomic E-state index is 12.1. The zero-order chi connectivity index (χ0) is 14.7. The van der Waals surface area contributed by atoms with Crippen LogP contribution in [0.15, 0.2) is 20.8 Å². The first kappa shape index (κ1) is 15.3. The lowest BCUT2D eigenvalue weighted by Gasteiger charge is -2.10. The SMILES string of the molecule is CCOC(=O)CN1C(=O)SC(=Cc2ccc(Br)s2)C1=O. The van der Waals surface area contributed by atoms with Gasteiger partial charge in [0.1, 0.15) is 6.54 Å². The van der Waals surface area contributed by atoms with Crippen molar-refractivity contribution in [1.29, 1.82) is 0 Å². The van der Waals surface area contributed by atoms with E-state index >= 15 is 0 Å². The summed E-state index contributed by atoms with van der Waals surface area (Å²) >= 11 is 5.61. The Balaban J connectivity index is 2.12. The van der Waals surface area contributed by atoms with Gasteiger partial charge in [0.2, 0.25) is 0 Å². The van der Waals surface area contributed by atoms with E-state index in [0.29, 0.717) is 4.91 Å². The first-order chi connectivity index (χ1) is 9.51. The highest BCUT2D eigenvalue weighted by Gasteiger charge is 2.36. The van der Waals surface area contributed by atoms with Crippen LogP contribution in [0.3, 0.4) is 0 Å². The van der Waals surface area contributed by atoms with Crippen molar-refractivity contribution in [3.63, 3.8) is 0 Å². The Bertz CT molecular complexity index is 596. The van der Waals surface area contributed by atoms with Crippen LogP contribution >= 0.6 is 39.0 Å². The molecule has 5 nitrogen and oxygen atoms in total. The Morgan fingerprint density at radius 2 is 2.20 bits per heavy atom. The van der Waals surface area contributed by atoms with Gasteiger partial charge in [0, 0.05) is 4.88 Å². The first-order valence-corrected chi connectivity index (χ1v) is 8.10. The molecule has 0 N–H and O–H groups in total. The fourth-order valence-corrected chi connectivity index (χ4v) is 3.78. The van der Waals surface area contributed by atoms with E-state index in [2.05, 4.69) is 15.9 Å². The van der Waals surface area contributed by atoms with E-state index in [-0.39, 0.29) is 13.2 Å². The van der Waals surface area contributed by atoms with Gasteiger partial charge in [0.25, 0.3) is 11.1 Å². The van der Waals surface area contributed by atoms with E-state index in [9.17, 15) is 14.4 Å². The van der Waals surface area contributed by atoms with E-state index in [1.165, 1.54) is 11.3 Å². The van der Waals surface area contributed by atoms with Crippen molar-refractivity contribution in [2.75, 3.05) is 13.2 Å². The fraction of sp³-hybridized carbons (Fsp3) is 0.250. The molecule has 2 rings (SSSR count). The van der Waals surface area contributed by atoms with E-state index in [0.717, 1.165) is 25.3 Å². The van der Waals surface area contributed by atoms with E-state index in [1.807, 2.05) is 12.1 Å². The second-order valence-electron chi connectivity index (χ2n) is 3.71. The minimum Gasteiger partial charge on any atom is -0.465 e. The summed E-state index contributed by atoms with van der Waals surface area (Å²) < 4.78 is 5.68. The molecule has 0 radical (unpaired) electrons. The molecule has 2 amide bonds. The third-order valence-corrected chi connectivity index (χ3v) is 4.81. The van der Waals surface area contributed by atoms with Gasteiger partial charge in [-0.3, -0.25) is 19.3 Å². The summed E-state index contributed by atoms with van der Waals surface area (Å²) in [6, 6.07) is 3.70. The number of ether oxygens (including phenoxy) is 1. The van der Waals surface area contributed by atoms with E-state index in [1.54, 1.807) is 13.0 Å². The highest BCUT2D eigenvalue weighted by atomic mass is 79.9. The predicted octanol–water partition coefficient (Wildman–Crippen LogP) is 3.11. The summed E-state index contributed by atoms with van der Waals surface area (Å²) in [5, 5.41) is -0.454. The van der Waals surface area contributed by atoms with Gasteiger partial charge in [-0.15, -0.1) is 11.3 Å². The van der Waals surface area contributed by atoms with Crippen molar-refractivity contribution in [2.45, 2.75) is 6.92 Å². The molecule has 1 aromatic rings. The Morgan fingerprint density at radius 1 is 1.45 bits per heavy atom. The minimum atomic E-state index is -0.588. The molecular formula is C12H10BrNO4S2. The van der Waals surface area contributed by atoms with Crippen LogP contribution in [0, 0.1) is 0 Å². The summed E-state index contributed by atoms with van der Waals surface area (Å²) in [5.41, 5.74) is 0.